The van der Waals surface area contributed by atoms with E-state index in [1.54, 1.807) is 28.8 Å². The molecule has 2 fully saturated rings. The fraction of sp³-hybridized carbons (Fsp3) is 0.500. The predicted octanol–water partition coefficient (Wildman–Crippen LogP) is 2.40. The van der Waals surface area contributed by atoms with Crippen molar-refractivity contribution in [2.75, 3.05) is 5.75 Å². The third-order valence-electron chi connectivity index (χ3n) is 4.01. The summed E-state index contributed by atoms with van der Waals surface area (Å²) in [6, 6.07) is 5.69. The summed E-state index contributed by atoms with van der Waals surface area (Å²) >= 11 is 1.59. The van der Waals surface area contributed by atoms with E-state index in [1.807, 2.05) is 6.92 Å². The van der Waals surface area contributed by atoms with Crippen LogP contribution in [0.1, 0.15) is 36.5 Å². The van der Waals surface area contributed by atoms with Crippen molar-refractivity contribution in [1.82, 2.24) is 10.2 Å². The highest BCUT2D eigenvalue weighted by Gasteiger charge is 2.42. The summed E-state index contributed by atoms with van der Waals surface area (Å²) in [7, 11) is 0. The molecule has 1 aromatic rings. The number of nitrogens with zero attached hydrogens (tertiary/aromatic N) is 1. The monoisotopic (exact) mass is 322 g/mol. The lowest BCUT2D eigenvalue weighted by Gasteiger charge is -2.28. The van der Waals surface area contributed by atoms with Crippen LogP contribution in [0.15, 0.2) is 24.3 Å². The summed E-state index contributed by atoms with van der Waals surface area (Å²) in [5.74, 6) is -0.487. The van der Waals surface area contributed by atoms with Crippen molar-refractivity contribution < 1.29 is 14.0 Å². The molecule has 2 amide bonds. The first kappa shape index (κ1) is 15.3. The first-order valence-corrected chi connectivity index (χ1v) is 8.66. The van der Waals surface area contributed by atoms with Crippen LogP contribution in [0.4, 0.5) is 4.39 Å². The first-order chi connectivity index (χ1) is 10.6. The fourth-order valence-electron chi connectivity index (χ4n) is 2.65. The molecule has 1 saturated heterocycles. The molecule has 1 aromatic carbocycles. The number of benzene rings is 1. The summed E-state index contributed by atoms with van der Waals surface area (Å²) in [5.41, 5.74) is 0.0349. The second kappa shape index (κ2) is 6.28. The van der Waals surface area contributed by atoms with E-state index in [1.165, 1.54) is 12.1 Å². The number of hydrogen-bond donors (Lipinski definition) is 1. The Morgan fingerprint density at radius 2 is 2.09 bits per heavy atom. The van der Waals surface area contributed by atoms with Gasteiger partial charge in [0, 0.05) is 11.8 Å². The van der Waals surface area contributed by atoms with Gasteiger partial charge < -0.3 is 10.2 Å². The van der Waals surface area contributed by atoms with Gasteiger partial charge in [0.25, 0.3) is 5.91 Å². The lowest BCUT2D eigenvalue weighted by Crippen LogP contribution is -2.50. The summed E-state index contributed by atoms with van der Waals surface area (Å²) in [4.78, 5) is 26.7. The van der Waals surface area contributed by atoms with Crippen molar-refractivity contribution in [2.24, 2.45) is 0 Å². The number of amides is 2. The van der Waals surface area contributed by atoms with E-state index >= 15 is 0 Å². The molecule has 0 spiro atoms. The van der Waals surface area contributed by atoms with Gasteiger partial charge in [-0.05, 0) is 31.4 Å². The maximum Gasteiger partial charge on any atom is 0.258 e. The van der Waals surface area contributed by atoms with Gasteiger partial charge in [-0.25, -0.2) is 4.39 Å². The van der Waals surface area contributed by atoms with E-state index in [0.717, 1.165) is 19.3 Å². The predicted molar refractivity (Wildman–Crippen MR) is 84.1 cm³/mol. The zero-order valence-corrected chi connectivity index (χ0v) is 13.2. The zero-order valence-electron chi connectivity index (χ0n) is 12.4. The van der Waals surface area contributed by atoms with Crippen LogP contribution in [-0.2, 0) is 4.79 Å². The average Bonchev–Trinajstić information content (AvgIpc) is 3.22. The molecule has 0 radical (unpaired) electrons. The van der Waals surface area contributed by atoms with E-state index in [0.29, 0.717) is 5.75 Å². The third kappa shape index (κ3) is 2.97. The van der Waals surface area contributed by atoms with E-state index in [-0.39, 0.29) is 22.9 Å². The molecule has 118 valence electrons. The van der Waals surface area contributed by atoms with Gasteiger partial charge in [0.2, 0.25) is 5.91 Å². The molecule has 3 rings (SSSR count). The van der Waals surface area contributed by atoms with E-state index in [4.69, 9.17) is 0 Å². The molecular weight excluding hydrogens is 303 g/mol. The van der Waals surface area contributed by atoms with Gasteiger partial charge in [-0.3, -0.25) is 9.59 Å². The number of hydrogen-bond acceptors (Lipinski definition) is 3. The van der Waals surface area contributed by atoms with Crippen LogP contribution in [0.25, 0.3) is 0 Å². The van der Waals surface area contributed by atoms with Crippen molar-refractivity contribution in [2.45, 2.75) is 43.6 Å². The van der Waals surface area contributed by atoms with Gasteiger partial charge in [-0.2, -0.15) is 0 Å². The minimum absolute atomic E-state index is 0.0349. The Balaban J connectivity index is 1.84. The van der Waals surface area contributed by atoms with Crippen LogP contribution in [0.5, 0.6) is 0 Å². The maximum absolute atomic E-state index is 13.9. The standard InChI is InChI=1S/C16H19FN2O2S/c1-2-14-19(16(21)11-5-3-4-6-12(11)17)13(9-22-14)15(20)18-10-7-8-10/h3-6,10,13-14H,2,7-9H2,1H3,(H,18,20). The maximum atomic E-state index is 13.9. The Morgan fingerprint density at radius 1 is 1.36 bits per heavy atom. The number of rotatable bonds is 4. The number of nitrogens with one attached hydrogen (secondary N) is 1. The van der Waals surface area contributed by atoms with Crippen LogP contribution in [0.3, 0.4) is 0 Å². The minimum Gasteiger partial charge on any atom is -0.352 e. The molecule has 1 aliphatic carbocycles. The fourth-order valence-corrected chi connectivity index (χ4v) is 4.01. The van der Waals surface area contributed by atoms with Gasteiger partial charge in [0.05, 0.1) is 10.9 Å². The molecule has 22 heavy (non-hydrogen) atoms. The largest absolute Gasteiger partial charge is 0.352 e. The van der Waals surface area contributed by atoms with Crippen LogP contribution in [-0.4, -0.2) is 39.9 Å². The minimum atomic E-state index is -0.541. The zero-order chi connectivity index (χ0) is 15.7. The Kier molecular flexibility index (Phi) is 4.38. The Labute approximate surface area is 133 Å². The second-order valence-corrected chi connectivity index (χ2v) is 6.90. The summed E-state index contributed by atoms with van der Waals surface area (Å²) in [5, 5.41) is 2.87. The van der Waals surface area contributed by atoms with Crippen molar-refractivity contribution in [3.8, 4) is 0 Å². The van der Waals surface area contributed by atoms with Gasteiger partial charge >= 0.3 is 0 Å². The van der Waals surface area contributed by atoms with E-state index in [9.17, 15) is 14.0 Å². The molecular formula is C16H19FN2O2S. The molecule has 2 aliphatic rings. The third-order valence-corrected chi connectivity index (χ3v) is 5.46. The highest BCUT2D eigenvalue weighted by molar-refractivity contribution is 8.00. The Morgan fingerprint density at radius 3 is 2.73 bits per heavy atom. The van der Waals surface area contributed by atoms with E-state index < -0.39 is 17.8 Å². The van der Waals surface area contributed by atoms with Gasteiger partial charge in [0.1, 0.15) is 11.9 Å². The molecule has 1 saturated carbocycles. The van der Waals surface area contributed by atoms with Gasteiger partial charge in [-0.1, -0.05) is 19.1 Å². The lowest BCUT2D eigenvalue weighted by molar-refractivity contribution is -0.125. The lowest BCUT2D eigenvalue weighted by atomic mass is 10.1. The Hall–Kier alpha value is -1.56. The second-order valence-electron chi connectivity index (χ2n) is 5.69. The molecule has 1 aliphatic heterocycles. The SMILES string of the molecule is CCC1SCC(C(=O)NC2CC2)N1C(=O)c1ccccc1F. The van der Waals surface area contributed by atoms with Crippen LogP contribution < -0.4 is 5.32 Å². The van der Waals surface area contributed by atoms with Crippen molar-refractivity contribution >= 4 is 23.6 Å². The number of carbonyl (C=O) groups excluding carboxylic acids is 2. The number of thioether (sulfide) groups is 1. The first-order valence-electron chi connectivity index (χ1n) is 7.61. The molecule has 1 N–H and O–H groups in total. The quantitative estimate of drug-likeness (QED) is 0.926. The van der Waals surface area contributed by atoms with Crippen LogP contribution in [0.2, 0.25) is 0 Å². The Bertz CT molecular complexity index is 591. The summed E-state index contributed by atoms with van der Waals surface area (Å²) < 4.78 is 13.9. The van der Waals surface area contributed by atoms with Crippen molar-refractivity contribution in [3.63, 3.8) is 0 Å². The smallest absolute Gasteiger partial charge is 0.258 e. The highest BCUT2D eigenvalue weighted by atomic mass is 32.2. The van der Waals surface area contributed by atoms with Crippen LogP contribution in [0, 0.1) is 5.82 Å². The normalized spacial score (nSPS) is 24.4. The molecule has 2 atom stereocenters. The average molecular weight is 322 g/mol. The molecule has 6 heteroatoms. The number of carbonyl (C=O) groups is 2. The molecule has 1 heterocycles. The molecule has 0 bridgehead atoms. The molecule has 4 nitrogen and oxygen atoms in total. The molecule has 2 unspecified atom stereocenters. The summed E-state index contributed by atoms with van der Waals surface area (Å²) in [6.07, 6.45) is 2.74. The summed E-state index contributed by atoms with van der Waals surface area (Å²) in [6.45, 7) is 1.97. The van der Waals surface area contributed by atoms with Crippen molar-refractivity contribution in [1.29, 1.82) is 0 Å². The molecule has 0 aromatic heterocycles. The highest BCUT2D eigenvalue weighted by Crippen LogP contribution is 2.33. The van der Waals surface area contributed by atoms with Crippen LogP contribution >= 0.6 is 11.8 Å². The topological polar surface area (TPSA) is 49.4 Å². The number of halogens is 1. The van der Waals surface area contributed by atoms with Crippen molar-refractivity contribution in [3.05, 3.63) is 35.6 Å². The van der Waals surface area contributed by atoms with Gasteiger partial charge in [0.15, 0.2) is 0 Å². The van der Waals surface area contributed by atoms with Gasteiger partial charge in [-0.15, -0.1) is 11.8 Å². The van der Waals surface area contributed by atoms with E-state index in [2.05, 4.69) is 5.32 Å².